The Kier molecular flexibility index (Phi) is 6.19. The molecule has 1 unspecified atom stereocenters. The lowest BCUT2D eigenvalue weighted by atomic mass is 9.94. The molecule has 0 aromatic heterocycles. The van der Waals surface area contributed by atoms with E-state index in [4.69, 9.17) is 4.74 Å². The van der Waals surface area contributed by atoms with E-state index in [9.17, 15) is 25.0 Å². The Labute approximate surface area is 168 Å². The van der Waals surface area contributed by atoms with Crippen LogP contribution in [0.15, 0.2) is 12.1 Å². The number of hydrogen-bond acceptors (Lipinski definition) is 8. The molecule has 3 rings (SSSR count). The van der Waals surface area contributed by atoms with Gasteiger partial charge in [-0.1, -0.05) is 19.3 Å². The number of esters is 1. The van der Waals surface area contributed by atoms with E-state index in [0.717, 1.165) is 38.2 Å². The molecule has 1 aromatic rings. The van der Waals surface area contributed by atoms with Crippen molar-refractivity contribution in [2.75, 3.05) is 30.5 Å². The summed E-state index contributed by atoms with van der Waals surface area (Å²) in [6.45, 7) is 0.449. The number of ether oxygens (including phenoxy) is 1. The Hall–Kier alpha value is -2.91. The number of nitro benzene ring substituents is 2. The molecule has 10 heteroatoms. The highest BCUT2D eigenvalue weighted by Crippen LogP contribution is 2.43. The Morgan fingerprint density at radius 2 is 1.72 bits per heavy atom. The summed E-state index contributed by atoms with van der Waals surface area (Å²) in [5.74, 6) is -0.461. The van der Waals surface area contributed by atoms with Gasteiger partial charge in [-0.3, -0.25) is 20.2 Å². The number of carbonyl (C=O) groups is 1. The highest BCUT2D eigenvalue weighted by molar-refractivity contribution is 5.85. The van der Waals surface area contributed by atoms with Crippen molar-refractivity contribution in [1.82, 2.24) is 0 Å². The summed E-state index contributed by atoms with van der Waals surface area (Å²) in [7, 11) is 3.08. The Morgan fingerprint density at radius 1 is 1.07 bits per heavy atom. The smallest absolute Gasteiger partial charge is 0.328 e. The van der Waals surface area contributed by atoms with Gasteiger partial charge in [-0.25, -0.2) is 4.79 Å². The molecule has 2 fully saturated rings. The van der Waals surface area contributed by atoms with Crippen LogP contribution < -0.4 is 9.80 Å². The van der Waals surface area contributed by atoms with Gasteiger partial charge >= 0.3 is 5.97 Å². The second-order valence-corrected chi connectivity index (χ2v) is 7.62. The zero-order valence-electron chi connectivity index (χ0n) is 16.7. The standard InChI is InChI=1S/C19H26N4O6/c1-20(13-7-4-3-5-8-13)15-11-16(18(23(27)28)12-17(15)22(25)26)21-10-6-9-14(21)19(24)29-2/h11-14H,3-10H2,1-2H3. The van der Waals surface area contributed by atoms with Gasteiger partial charge in [0.15, 0.2) is 0 Å². The van der Waals surface area contributed by atoms with E-state index in [1.54, 1.807) is 11.9 Å². The molecule has 29 heavy (non-hydrogen) atoms. The molecule has 2 aliphatic rings. The Morgan fingerprint density at radius 3 is 2.31 bits per heavy atom. The maximum Gasteiger partial charge on any atom is 0.328 e. The van der Waals surface area contributed by atoms with Crippen LogP contribution in [0.2, 0.25) is 0 Å². The van der Waals surface area contributed by atoms with Gasteiger partial charge in [-0.2, -0.15) is 0 Å². The zero-order valence-corrected chi connectivity index (χ0v) is 16.7. The number of nitro groups is 2. The van der Waals surface area contributed by atoms with Crippen molar-refractivity contribution in [2.45, 2.75) is 57.0 Å². The number of rotatable bonds is 6. The largest absolute Gasteiger partial charge is 0.467 e. The highest BCUT2D eigenvalue weighted by atomic mass is 16.6. The molecular weight excluding hydrogens is 380 g/mol. The normalized spacial score (nSPS) is 19.8. The van der Waals surface area contributed by atoms with Crippen molar-refractivity contribution in [3.05, 3.63) is 32.4 Å². The molecule has 1 aromatic carbocycles. The van der Waals surface area contributed by atoms with Crippen LogP contribution in [0.5, 0.6) is 0 Å². The number of anilines is 2. The fourth-order valence-electron chi connectivity index (χ4n) is 4.46. The first kappa shape index (κ1) is 20.8. The van der Waals surface area contributed by atoms with Crippen LogP contribution in [0.3, 0.4) is 0 Å². The molecule has 1 atom stereocenters. The van der Waals surface area contributed by atoms with E-state index in [1.807, 2.05) is 4.90 Å². The molecule has 158 valence electrons. The summed E-state index contributed by atoms with van der Waals surface area (Å²) < 4.78 is 4.85. The minimum absolute atomic E-state index is 0.145. The predicted octanol–water partition coefficient (Wildman–Crippen LogP) is 3.41. The molecule has 0 bridgehead atoms. The highest BCUT2D eigenvalue weighted by Gasteiger charge is 2.38. The van der Waals surface area contributed by atoms with Crippen molar-refractivity contribution in [3.8, 4) is 0 Å². The zero-order chi connectivity index (χ0) is 21.1. The van der Waals surface area contributed by atoms with E-state index in [-0.39, 0.29) is 23.1 Å². The van der Waals surface area contributed by atoms with Crippen LogP contribution >= 0.6 is 0 Å². The predicted molar refractivity (Wildman–Crippen MR) is 107 cm³/mol. The fourth-order valence-corrected chi connectivity index (χ4v) is 4.46. The topological polar surface area (TPSA) is 119 Å². The molecule has 1 aliphatic heterocycles. The van der Waals surface area contributed by atoms with Crippen molar-refractivity contribution in [1.29, 1.82) is 0 Å². The molecule has 0 N–H and O–H groups in total. The van der Waals surface area contributed by atoms with Crippen molar-refractivity contribution < 1.29 is 19.4 Å². The average Bonchev–Trinajstić information content (AvgIpc) is 3.21. The number of carbonyl (C=O) groups excluding carboxylic acids is 1. The van der Waals surface area contributed by atoms with Crippen LogP contribution in [-0.2, 0) is 9.53 Å². The molecule has 0 radical (unpaired) electrons. The van der Waals surface area contributed by atoms with E-state index in [1.165, 1.54) is 13.2 Å². The van der Waals surface area contributed by atoms with Gasteiger partial charge in [0.25, 0.3) is 11.4 Å². The first-order valence-electron chi connectivity index (χ1n) is 9.89. The fraction of sp³-hybridized carbons (Fsp3) is 0.632. The average molecular weight is 406 g/mol. The number of hydrogen-bond donors (Lipinski definition) is 0. The minimum Gasteiger partial charge on any atom is -0.467 e. The maximum atomic E-state index is 12.2. The molecule has 1 saturated carbocycles. The van der Waals surface area contributed by atoms with E-state index < -0.39 is 21.9 Å². The first-order valence-corrected chi connectivity index (χ1v) is 9.89. The lowest BCUT2D eigenvalue weighted by Crippen LogP contribution is -2.38. The summed E-state index contributed by atoms with van der Waals surface area (Å²) in [6, 6.07) is 2.04. The van der Waals surface area contributed by atoms with Crippen LogP contribution in [0.4, 0.5) is 22.7 Å². The van der Waals surface area contributed by atoms with E-state index in [0.29, 0.717) is 25.1 Å². The quantitative estimate of drug-likeness (QED) is 0.400. The van der Waals surface area contributed by atoms with Gasteiger partial charge in [0.1, 0.15) is 17.4 Å². The van der Waals surface area contributed by atoms with E-state index >= 15 is 0 Å². The molecular formula is C19H26N4O6. The Balaban J connectivity index is 2.10. The minimum atomic E-state index is -0.631. The van der Waals surface area contributed by atoms with Gasteiger partial charge in [0.2, 0.25) is 0 Å². The number of methoxy groups -OCH3 is 1. The summed E-state index contributed by atoms with van der Waals surface area (Å²) in [6.07, 6.45) is 6.31. The van der Waals surface area contributed by atoms with Gasteiger partial charge in [-0.15, -0.1) is 0 Å². The van der Waals surface area contributed by atoms with Gasteiger partial charge in [-0.05, 0) is 31.7 Å². The summed E-state index contributed by atoms with van der Waals surface area (Å²) >= 11 is 0. The lowest BCUT2D eigenvalue weighted by Gasteiger charge is -2.33. The molecule has 0 amide bonds. The van der Waals surface area contributed by atoms with Crippen LogP contribution in [0, 0.1) is 20.2 Å². The molecule has 0 spiro atoms. The second kappa shape index (κ2) is 8.62. The van der Waals surface area contributed by atoms with Gasteiger partial charge < -0.3 is 14.5 Å². The number of benzene rings is 1. The molecule has 1 aliphatic carbocycles. The van der Waals surface area contributed by atoms with Crippen LogP contribution in [0.1, 0.15) is 44.9 Å². The van der Waals surface area contributed by atoms with Gasteiger partial charge in [0, 0.05) is 19.6 Å². The maximum absolute atomic E-state index is 12.2. The molecule has 1 saturated heterocycles. The van der Waals surface area contributed by atoms with Crippen molar-refractivity contribution in [2.24, 2.45) is 0 Å². The van der Waals surface area contributed by atoms with Crippen molar-refractivity contribution in [3.63, 3.8) is 0 Å². The molecule has 1 heterocycles. The third-order valence-electron chi connectivity index (χ3n) is 6.00. The summed E-state index contributed by atoms with van der Waals surface area (Å²) in [4.78, 5) is 37.9. The summed E-state index contributed by atoms with van der Waals surface area (Å²) in [5.41, 5.74) is -0.0835. The van der Waals surface area contributed by atoms with Crippen LogP contribution in [0.25, 0.3) is 0 Å². The van der Waals surface area contributed by atoms with Gasteiger partial charge in [0.05, 0.1) is 23.0 Å². The summed E-state index contributed by atoms with van der Waals surface area (Å²) in [5, 5.41) is 23.4. The van der Waals surface area contributed by atoms with Crippen LogP contribution in [-0.4, -0.2) is 48.6 Å². The second-order valence-electron chi connectivity index (χ2n) is 7.62. The third-order valence-corrected chi connectivity index (χ3v) is 6.00. The first-order chi connectivity index (χ1) is 13.8. The molecule has 10 nitrogen and oxygen atoms in total. The lowest BCUT2D eigenvalue weighted by molar-refractivity contribution is -0.393. The van der Waals surface area contributed by atoms with E-state index in [2.05, 4.69) is 0 Å². The SMILES string of the molecule is COC(=O)C1CCCN1c1cc(N(C)C2CCCCC2)c([N+](=O)[O-])cc1[N+](=O)[O-]. The van der Waals surface area contributed by atoms with Crippen molar-refractivity contribution >= 4 is 28.7 Å². The Bertz CT molecular complexity index is 808. The monoisotopic (exact) mass is 406 g/mol. The number of nitrogens with zero attached hydrogens (tertiary/aromatic N) is 4. The third kappa shape index (κ3) is 4.10.